The Morgan fingerprint density at radius 1 is 1.33 bits per heavy atom. The molecule has 5 nitrogen and oxygen atoms in total. The van der Waals surface area contributed by atoms with E-state index < -0.39 is 0 Å². The number of methoxy groups -OCH3 is 1. The van der Waals surface area contributed by atoms with Gasteiger partial charge in [-0.2, -0.15) is 0 Å². The maximum Gasteiger partial charge on any atom is 0.220 e. The lowest BCUT2D eigenvalue weighted by Gasteiger charge is -2.19. The molecule has 1 saturated heterocycles. The third-order valence-electron chi connectivity index (χ3n) is 3.83. The zero-order valence-electron chi connectivity index (χ0n) is 12.2. The summed E-state index contributed by atoms with van der Waals surface area (Å²) in [6, 6.07) is 11.0. The quantitative estimate of drug-likeness (QED) is 0.908. The fourth-order valence-corrected chi connectivity index (χ4v) is 2.71. The molecule has 0 aliphatic carbocycles. The Hall–Kier alpha value is -2.14. The predicted octanol–water partition coefficient (Wildman–Crippen LogP) is 1.85. The van der Waals surface area contributed by atoms with E-state index in [0.29, 0.717) is 11.9 Å². The lowest BCUT2D eigenvalue weighted by atomic mass is 10.2. The van der Waals surface area contributed by atoms with Crippen molar-refractivity contribution >= 4 is 5.69 Å². The van der Waals surface area contributed by atoms with Gasteiger partial charge in [0, 0.05) is 43.1 Å². The van der Waals surface area contributed by atoms with Crippen LogP contribution in [0, 0.1) is 0 Å². The van der Waals surface area contributed by atoms with Crippen LogP contribution in [-0.2, 0) is 6.54 Å². The van der Waals surface area contributed by atoms with Crippen LogP contribution >= 0.6 is 0 Å². The largest absolute Gasteiger partial charge is 0.481 e. The number of benzene rings is 1. The first-order valence-corrected chi connectivity index (χ1v) is 7.23. The summed E-state index contributed by atoms with van der Waals surface area (Å²) in [6.45, 7) is 2.85. The van der Waals surface area contributed by atoms with E-state index in [4.69, 9.17) is 4.74 Å². The first-order chi connectivity index (χ1) is 10.4. The number of ether oxygens (including phenoxy) is 1. The molecule has 1 aliphatic rings. The minimum atomic E-state index is 0.482. The summed E-state index contributed by atoms with van der Waals surface area (Å²) >= 11 is 0. The molecule has 1 atom stereocenters. The summed E-state index contributed by atoms with van der Waals surface area (Å²) in [5.41, 5.74) is 2.29. The third-order valence-corrected chi connectivity index (χ3v) is 3.83. The number of rotatable bonds is 5. The Morgan fingerprint density at radius 3 is 3.00 bits per heavy atom. The molecule has 2 aromatic rings. The molecule has 1 unspecified atom stereocenters. The molecule has 5 heteroatoms. The van der Waals surface area contributed by atoms with Crippen molar-refractivity contribution < 1.29 is 4.74 Å². The molecule has 0 bridgehead atoms. The smallest absolute Gasteiger partial charge is 0.220 e. The second-order valence-electron chi connectivity index (χ2n) is 5.21. The maximum atomic E-state index is 5.25. The summed E-state index contributed by atoms with van der Waals surface area (Å²) in [6.07, 6.45) is 4.46. The van der Waals surface area contributed by atoms with E-state index in [2.05, 4.69) is 50.5 Å². The van der Waals surface area contributed by atoms with E-state index in [1.807, 2.05) is 6.20 Å². The molecule has 1 N–H and O–H groups in total. The maximum absolute atomic E-state index is 5.25. The summed E-state index contributed by atoms with van der Waals surface area (Å²) in [5.74, 6) is 0.649. The van der Waals surface area contributed by atoms with Gasteiger partial charge in [-0.15, -0.1) is 0 Å². The number of aromatic nitrogens is 2. The van der Waals surface area contributed by atoms with Gasteiger partial charge < -0.3 is 15.0 Å². The fraction of sp³-hybridized carbons (Fsp3) is 0.375. The summed E-state index contributed by atoms with van der Waals surface area (Å²) < 4.78 is 5.25. The molecule has 21 heavy (non-hydrogen) atoms. The minimum absolute atomic E-state index is 0.482. The molecule has 1 aromatic carbocycles. The van der Waals surface area contributed by atoms with Crippen LogP contribution in [0.3, 0.4) is 0 Å². The first kappa shape index (κ1) is 13.8. The Morgan fingerprint density at radius 2 is 2.19 bits per heavy atom. The van der Waals surface area contributed by atoms with Gasteiger partial charge in [0.25, 0.3) is 0 Å². The van der Waals surface area contributed by atoms with Gasteiger partial charge in [-0.1, -0.05) is 18.2 Å². The van der Waals surface area contributed by atoms with Crippen LogP contribution in [0.2, 0.25) is 0 Å². The zero-order valence-corrected chi connectivity index (χ0v) is 12.2. The number of para-hydroxylation sites is 1. The van der Waals surface area contributed by atoms with Gasteiger partial charge in [0.05, 0.1) is 7.11 Å². The molecule has 110 valence electrons. The third kappa shape index (κ3) is 3.31. The van der Waals surface area contributed by atoms with Crippen LogP contribution in [0.1, 0.15) is 12.0 Å². The molecular formula is C16H20N4O. The summed E-state index contributed by atoms with van der Waals surface area (Å²) in [5, 5.41) is 3.57. The molecule has 0 spiro atoms. The highest BCUT2D eigenvalue weighted by Crippen LogP contribution is 2.20. The Bertz CT molecular complexity index is 575. The fourth-order valence-electron chi connectivity index (χ4n) is 2.71. The lowest BCUT2D eigenvalue weighted by Crippen LogP contribution is -2.32. The monoisotopic (exact) mass is 284 g/mol. The SMILES string of the molecule is COc1ncncc1CNC1CCN(c2ccccc2)C1. The summed E-state index contributed by atoms with van der Waals surface area (Å²) in [4.78, 5) is 10.6. The van der Waals surface area contributed by atoms with Crippen molar-refractivity contribution in [3.63, 3.8) is 0 Å². The zero-order chi connectivity index (χ0) is 14.5. The molecule has 0 amide bonds. The van der Waals surface area contributed by atoms with E-state index in [-0.39, 0.29) is 0 Å². The molecule has 1 fully saturated rings. The van der Waals surface area contributed by atoms with E-state index in [0.717, 1.165) is 31.6 Å². The van der Waals surface area contributed by atoms with Crippen molar-refractivity contribution in [2.24, 2.45) is 0 Å². The van der Waals surface area contributed by atoms with E-state index >= 15 is 0 Å². The van der Waals surface area contributed by atoms with E-state index in [9.17, 15) is 0 Å². The minimum Gasteiger partial charge on any atom is -0.481 e. The van der Waals surface area contributed by atoms with Gasteiger partial charge in [0.1, 0.15) is 6.33 Å². The van der Waals surface area contributed by atoms with Crippen LogP contribution in [0.5, 0.6) is 5.88 Å². The topological polar surface area (TPSA) is 50.3 Å². The molecule has 0 saturated carbocycles. The van der Waals surface area contributed by atoms with Gasteiger partial charge in [0.2, 0.25) is 5.88 Å². The van der Waals surface area contributed by atoms with Crippen molar-refractivity contribution in [2.45, 2.75) is 19.0 Å². The van der Waals surface area contributed by atoms with Crippen molar-refractivity contribution in [1.82, 2.24) is 15.3 Å². The molecular weight excluding hydrogens is 264 g/mol. The number of nitrogens with zero attached hydrogens (tertiary/aromatic N) is 3. The number of anilines is 1. The van der Waals surface area contributed by atoms with Gasteiger partial charge >= 0.3 is 0 Å². The van der Waals surface area contributed by atoms with Crippen molar-refractivity contribution in [3.05, 3.63) is 48.4 Å². The Labute approximate surface area is 125 Å². The van der Waals surface area contributed by atoms with Gasteiger partial charge in [-0.25, -0.2) is 9.97 Å². The van der Waals surface area contributed by atoms with Crippen LogP contribution in [-0.4, -0.2) is 36.2 Å². The normalized spacial score (nSPS) is 18.0. The average molecular weight is 284 g/mol. The molecule has 0 radical (unpaired) electrons. The first-order valence-electron chi connectivity index (χ1n) is 7.23. The Balaban J connectivity index is 1.56. The highest BCUT2D eigenvalue weighted by atomic mass is 16.5. The van der Waals surface area contributed by atoms with Gasteiger partial charge in [0.15, 0.2) is 0 Å². The highest BCUT2D eigenvalue weighted by Gasteiger charge is 2.22. The lowest BCUT2D eigenvalue weighted by molar-refractivity contribution is 0.387. The number of hydrogen-bond donors (Lipinski definition) is 1. The second kappa shape index (κ2) is 6.54. The molecule has 1 aromatic heterocycles. The van der Waals surface area contributed by atoms with Crippen molar-refractivity contribution in [1.29, 1.82) is 0 Å². The number of hydrogen-bond acceptors (Lipinski definition) is 5. The molecule has 3 rings (SSSR count). The number of nitrogens with one attached hydrogen (secondary N) is 1. The standard InChI is InChI=1S/C16H20N4O/c1-21-16-13(9-17-12-19-16)10-18-14-7-8-20(11-14)15-5-3-2-4-6-15/h2-6,9,12,14,18H,7-8,10-11H2,1H3. The van der Waals surface area contributed by atoms with Crippen LogP contribution in [0.25, 0.3) is 0 Å². The molecule has 2 heterocycles. The van der Waals surface area contributed by atoms with Crippen LogP contribution in [0.15, 0.2) is 42.9 Å². The summed E-state index contributed by atoms with van der Waals surface area (Å²) in [7, 11) is 1.64. The van der Waals surface area contributed by atoms with Crippen LogP contribution in [0.4, 0.5) is 5.69 Å². The molecule has 1 aliphatic heterocycles. The average Bonchev–Trinajstić information content (AvgIpc) is 3.03. The Kier molecular flexibility index (Phi) is 4.31. The predicted molar refractivity (Wildman–Crippen MR) is 82.5 cm³/mol. The van der Waals surface area contributed by atoms with Crippen molar-refractivity contribution in [3.8, 4) is 5.88 Å². The van der Waals surface area contributed by atoms with E-state index in [1.54, 1.807) is 7.11 Å². The van der Waals surface area contributed by atoms with Crippen molar-refractivity contribution in [2.75, 3.05) is 25.1 Å². The van der Waals surface area contributed by atoms with Gasteiger partial charge in [-0.05, 0) is 18.6 Å². The highest BCUT2D eigenvalue weighted by molar-refractivity contribution is 5.47. The second-order valence-corrected chi connectivity index (χ2v) is 5.21. The van der Waals surface area contributed by atoms with E-state index in [1.165, 1.54) is 12.0 Å². The van der Waals surface area contributed by atoms with Crippen LogP contribution < -0.4 is 15.0 Å². The van der Waals surface area contributed by atoms with Gasteiger partial charge in [-0.3, -0.25) is 0 Å².